The summed E-state index contributed by atoms with van der Waals surface area (Å²) in [7, 11) is 0. The fourth-order valence-electron chi connectivity index (χ4n) is 0.597. The third-order valence-electron chi connectivity index (χ3n) is 1.11. The zero-order chi connectivity index (χ0) is 7.56. The molecule has 0 spiro atoms. The molecular weight excluding hydrogens is 187 g/mol. The molecule has 0 aliphatic heterocycles. The van der Waals surface area contributed by atoms with E-state index in [1.54, 1.807) is 6.07 Å². The van der Waals surface area contributed by atoms with Crippen molar-refractivity contribution < 1.29 is 5.11 Å². The maximum Gasteiger partial charge on any atom is 0.134 e. The highest BCUT2D eigenvalue weighted by molar-refractivity contribution is 6.32. The third-order valence-corrected chi connectivity index (χ3v) is 1.42. The number of aromatic hydroxyl groups is 1. The van der Waals surface area contributed by atoms with Gasteiger partial charge in [0.15, 0.2) is 0 Å². The molecule has 0 aliphatic carbocycles. The summed E-state index contributed by atoms with van der Waals surface area (Å²) in [5.74, 6) is 5.13. The molecule has 0 atom stereocenters. The number of phenols is 1. The maximum atomic E-state index is 8.94. The van der Waals surface area contributed by atoms with E-state index in [1.807, 2.05) is 0 Å². The van der Waals surface area contributed by atoms with Crippen molar-refractivity contribution in [1.82, 2.24) is 0 Å². The van der Waals surface area contributed by atoms with Crippen molar-refractivity contribution >= 4 is 29.7 Å². The van der Waals surface area contributed by atoms with E-state index in [0.717, 1.165) is 0 Å². The normalized spacial score (nSPS) is 8.55. The molecule has 0 saturated heterocycles. The second kappa shape index (κ2) is 4.28. The van der Waals surface area contributed by atoms with Crippen molar-refractivity contribution in [2.24, 2.45) is 5.84 Å². The molecule has 0 fully saturated rings. The van der Waals surface area contributed by atoms with E-state index in [2.05, 4.69) is 5.43 Å². The van der Waals surface area contributed by atoms with Crippen LogP contribution in [0.2, 0.25) is 5.02 Å². The van der Waals surface area contributed by atoms with E-state index in [-0.39, 0.29) is 23.2 Å². The van der Waals surface area contributed by atoms with Gasteiger partial charge < -0.3 is 10.5 Å². The molecule has 0 heterocycles. The van der Waals surface area contributed by atoms with Crippen LogP contribution in [0.1, 0.15) is 0 Å². The first kappa shape index (κ1) is 10.4. The minimum absolute atomic E-state index is 0. The Kier molecular flexibility index (Phi) is 4.03. The summed E-state index contributed by atoms with van der Waals surface area (Å²) in [4.78, 5) is 0. The first-order chi connectivity index (χ1) is 4.74. The Balaban J connectivity index is 0.000001000. The largest absolute Gasteiger partial charge is 0.506 e. The standard InChI is InChI=1S/C6H7ClN2O.ClH/c7-5-3-4(9-8)1-2-6(5)10;/h1-3,9-10H,8H2;1H. The SMILES string of the molecule is Cl.NNc1ccc(O)c(Cl)c1. The zero-order valence-corrected chi connectivity index (χ0v) is 7.12. The quantitative estimate of drug-likeness (QED) is 0.363. The van der Waals surface area contributed by atoms with E-state index >= 15 is 0 Å². The van der Waals surface area contributed by atoms with E-state index < -0.39 is 0 Å². The Morgan fingerprint density at radius 2 is 2.09 bits per heavy atom. The van der Waals surface area contributed by atoms with Gasteiger partial charge in [0.05, 0.1) is 10.7 Å². The van der Waals surface area contributed by atoms with Gasteiger partial charge in [-0.25, -0.2) is 0 Å². The molecule has 5 heteroatoms. The molecular formula is C6H8Cl2N2O. The predicted molar refractivity (Wildman–Crippen MR) is 48.2 cm³/mol. The second-order valence-corrected chi connectivity index (χ2v) is 2.22. The molecule has 4 N–H and O–H groups in total. The summed E-state index contributed by atoms with van der Waals surface area (Å²) in [5.41, 5.74) is 3.07. The van der Waals surface area contributed by atoms with Crippen molar-refractivity contribution in [3.8, 4) is 5.75 Å². The van der Waals surface area contributed by atoms with Gasteiger partial charge in [0, 0.05) is 0 Å². The molecule has 0 aliphatic rings. The number of anilines is 1. The van der Waals surface area contributed by atoms with E-state index in [0.29, 0.717) is 5.69 Å². The molecule has 3 nitrogen and oxygen atoms in total. The molecule has 1 aromatic rings. The van der Waals surface area contributed by atoms with Gasteiger partial charge in [-0.1, -0.05) is 11.6 Å². The van der Waals surface area contributed by atoms with Gasteiger partial charge in [0.25, 0.3) is 0 Å². The van der Waals surface area contributed by atoms with Crippen LogP contribution in [0.25, 0.3) is 0 Å². The molecule has 0 aromatic heterocycles. The summed E-state index contributed by atoms with van der Waals surface area (Å²) in [6, 6.07) is 4.63. The smallest absolute Gasteiger partial charge is 0.134 e. The highest BCUT2D eigenvalue weighted by atomic mass is 35.5. The maximum absolute atomic E-state index is 8.94. The molecule has 0 saturated carbocycles. The fraction of sp³-hybridized carbons (Fsp3) is 0. The lowest BCUT2D eigenvalue weighted by atomic mass is 10.3. The number of rotatable bonds is 1. The van der Waals surface area contributed by atoms with Crippen LogP contribution in [-0.2, 0) is 0 Å². The highest BCUT2D eigenvalue weighted by Crippen LogP contribution is 2.25. The van der Waals surface area contributed by atoms with Crippen LogP contribution >= 0.6 is 24.0 Å². The van der Waals surface area contributed by atoms with Crippen molar-refractivity contribution in [3.05, 3.63) is 23.2 Å². The van der Waals surface area contributed by atoms with Gasteiger partial charge in [0.1, 0.15) is 5.75 Å². The molecule has 0 radical (unpaired) electrons. The molecule has 62 valence electrons. The van der Waals surface area contributed by atoms with Crippen molar-refractivity contribution in [2.45, 2.75) is 0 Å². The minimum atomic E-state index is 0. The van der Waals surface area contributed by atoms with E-state index in [9.17, 15) is 0 Å². The Bertz CT molecular complexity index is 242. The number of hydrogen-bond donors (Lipinski definition) is 3. The molecule has 1 rings (SSSR count). The van der Waals surface area contributed by atoms with Gasteiger partial charge in [-0.05, 0) is 18.2 Å². The lowest BCUT2D eigenvalue weighted by molar-refractivity contribution is 0.475. The van der Waals surface area contributed by atoms with Crippen LogP contribution in [0.4, 0.5) is 5.69 Å². The Hall–Kier alpha value is -0.640. The first-order valence-corrected chi connectivity index (χ1v) is 3.07. The number of phenolic OH excluding ortho intramolecular Hbond substituents is 1. The number of halogens is 2. The summed E-state index contributed by atoms with van der Waals surface area (Å²) in [6.07, 6.45) is 0. The molecule has 0 bridgehead atoms. The van der Waals surface area contributed by atoms with Crippen molar-refractivity contribution in [3.63, 3.8) is 0 Å². The molecule has 0 amide bonds. The number of hydrazine groups is 1. The molecule has 1 aromatic carbocycles. The van der Waals surface area contributed by atoms with E-state index in [4.69, 9.17) is 22.6 Å². The number of nitrogen functional groups attached to an aromatic ring is 1. The first-order valence-electron chi connectivity index (χ1n) is 2.69. The van der Waals surface area contributed by atoms with Crippen molar-refractivity contribution in [2.75, 3.05) is 5.43 Å². The Morgan fingerprint density at radius 3 is 2.55 bits per heavy atom. The number of benzene rings is 1. The monoisotopic (exact) mass is 194 g/mol. The fourth-order valence-corrected chi connectivity index (χ4v) is 0.777. The van der Waals surface area contributed by atoms with Crippen molar-refractivity contribution in [1.29, 1.82) is 0 Å². The topological polar surface area (TPSA) is 58.3 Å². The second-order valence-electron chi connectivity index (χ2n) is 1.81. The van der Waals surface area contributed by atoms with Crippen LogP contribution in [0.5, 0.6) is 5.75 Å². The number of nitrogens with two attached hydrogens (primary N) is 1. The lowest BCUT2D eigenvalue weighted by Crippen LogP contribution is -2.05. The molecule has 11 heavy (non-hydrogen) atoms. The van der Waals surface area contributed by atoms with Gasteiger partial charge in [-0.3, -0.25) is 5.84 Å². The average Bonchev–Trinajstić information content (AvgIpc) is 1.95. The highest BCUT2D eigenvalue weighted by Gasteiger charge is 1.96. The van der Waals surface area contributed by atoms with Gasteiger partial charge in [0.2, 0.25) is 0 Å². The number of nitrogens with one attached hydrogen (secondary N) is 1. The van der Waals surface area contributed by atoms with Crippen LogP contribution < -0.4 is 11.3 Å². The predicted octanol–water partition coefficient (Wildman–Crippen LogP) is 1.75. The summed E-state index contributed by atoms with van der Waals surface area (Å²) >= 11 is 5.55. The summed E-state index contributed by atoms with van der Waals surface area (Å²) < 4.78 is 0. The zero-order valence-electron chi connectivity index (χ0n) is 5.54. The van der Waals surface area contributed by atoms with Crippen LogP contribution in [0.15, 0.2) is 18.2 Å². The number of hydrogen-bond acceptors (Lipinski definition) is 3. The average molecular weight is 195 g/mol. The summed E-state index contributed by atoms with van der Waals surface area (Å²) in [5, 5.41) is 9.23. The van der Waals surface area contributed by atoms with Crippen LogP contribution in [0, 0.1) is 0 Å². The van der Waals surface area contributed by atoms with Gasteiger partial charge in [-0.15, -0.1) is 12.4 Å². The van der Waals surface area contributed by atoms with E-state index in [1.165, 1.54) is 12.1 Å². The van der Waals surface area contributed by atoms with Crippen LogP contribution in [0.3, 0.4) is 0 Å². The van der Waals surface area contributed by atoms with Gasteiger partial charge >= 0.3 is 0 Å². The Morgan fingerprint density at radius 1 is 1.45 bits per heavy atom. The minimum Gasteiger partial charge on any atom is -0.506 e. The summed E-state index contributed by atoms with van der Waals surface area (Å²) in [6.45, 7) is 0. The van der Waals surface area contributed by atoms with Gasteiger partial charge in [-0.2, -0.15) is 0 Å². The third kappa shape index (κ3) is 2.46. The van der Waals surface area contributed by atoms with Crippen LogP contribution in [-0.4, -0.2) is 5.11 Å². The Labute approximate surface area is 75.5 Å². The lowest BCUT2D eigenvalue weighted by Gasteiger charge is -2.00. The molecule has 0 unspecified atom stereocenters.